The Balaban J connectivity index is 1.88. The van der Waals surface area contributed by atoms with Crippen LogP contribution in [0.2, 0.25) is 0 Å². The van der Waals surface area contributed by atoms with Crippen molar-refractivity contribution < 1.29 is 4.79 Å². The fraction of sp³-hybridized carbons (Fsp3) is 0.632. The molecule has 1 aliphatic rings. The smallest absolute Gasteiger partial charge is 0.176 e. The van der Waals surface area contributed by atoms with Crippen molar-refractivity contribution in [3.05, 3.63) is 35.4 Å². The molecular formula is C19H29NO. The number of carbonyl (C=O) groups excluding carboxylic acids is 1. The van der Waals surface area contributed by atoms with E-state index in [9.17, 15) is 4.79 Å². The average Bonchev–Trinajstić information content (AvgIpc) is 2.72. The molecule has 116 valence electrons. The van der Waals surface area contributed by atoms with Gasteiger partial charge < -0.3 is 5.32 Å². The number of Topliss-reactive ketones (excluding diaryl/α,β-unsaturated/α-hetero) is 1. The molecule has 1 fully saturated rings. The maximum atomic E-state index is 12.3. The second-order valence-corrected chi connectivity index (χ2v) is 7.32. The summed E-state index contributed by atoms with van der Waals surface area (Å²) in [7, 11) is 0. The van der Waals surface area contributed by atoms with Gasteiger partial charge in [-0.1, -0.05) is 70.7 Å². The van der Waals surface area contributed by atoms with Crippen molar-refractivity contribution in [2.24, 2.45) is 0 Å². The van der Waals surface area contributed by atoms with Gasteiger partial charge in [-0.25, -0.2) is 0 Å². The Morgan fingerprint density at radius 1 is 1.05 bits per heavy atom. The molecule has 2 heteroatoms. The Morgan fingerprint density at radius 2 is 1.62 bits per heavy atom. The van der Waals surface area contributed by atoms with Gasteiger partial charge in [0.1, 0.15) is 0 Å². The number of hydrogen-bond acceptors (Lipinski definition) is 2. The molecule has 0 radical (unpaired) electrons. The third kappa shape index (κ3) is 4.96. The molecule has 0 saturated heterocycles. The van der Waals surface area contributed by atoms with E-state index < -0.39 is 0 Å². The molecule has 1 aromatic carbocycles. The van der Waals surface area contributed by atoms with Crippen LogP contribution in [0, 0.1) is 0 Å². The summed E-state index contributed by atoms with van der Waals surface area (Å²) in [4.78, 5) is 12.3. The topological polar surface area (TPSA) is 29.1 Å². The molecule has 21 heavy (non-hydrogen) atoms. The van der Waals surface area contributed by atoms with E-state index in [1.165, 1.54) is 44.1 Å². The van der Waals surface area contributed by atoms with E-state index in [2.05, 4.69) is 38.2 Å². The van der Waals surface area contributed by atoms with Gasteiger partial charge in [0, 0.05) is 11.6 Å². The van der Waals surface area contributed by atoms with Crippen molar-refractivity contribution in [1.82, 2.24) is 5.32 Å². The molecule has 1 aliphatic carbocycles. The summed E-state index contributed by atoms with van der Waals surface area (Å²) >= 11 is 0. The van der Waals surface area contributed by atoms with Crippen molar-refractivity contribution in [1.29, 1.82) is 0 Å². The quantitative estimate of drug-likeness (QED) is 0.653. The van der Waals surface area contributed by atoms with Crippen LogP contribution in [-0.4, -0.2) is 18.4 Å². The second kappa shape index (κ2) is 7.22. The Morgan fingerprint density at radius 3 is 2.14 bits per heavy atom. The first-order valence-corrected chi connectivity index (χ1v) is 8.34. The zero-order valence-electron chi connectivity index (χ0n) is 13.7. The number of benzene rings is 1. The van der Waals surface area contributed by atoms with E-state index in [0.717, 1.165) is 5.56 Å². The number of nitrogens with one attached hydrogen (secondary N) is 1. The van der Waals surface area contributed by atoms with Gasteiger partial charge in [0.05, 0.1) is 6.54 Å². The maximum absolute atomic E-state index is 12.3. The van der Waals surface area contributed by atoms with Crippen molar-refractivity contribution in [2.45, 2.75) is 70.8 Å². The van der Waals surface area contributed by atoms with Gasteiger partial charge in [-0.05, 0) is 23.8 Å². The largest absolute Gasteiger partial charge is 0.307 e. The SMILES string of the molecule is CC(C)(C)c1ccc(C(=O)CNC2CCCCCC2)cc1. The minimum absolute atomic E-state index is 0.139. The number of carbonyl (C=O) groups is 1. The first kappa shape index (κ1) is 16.2. The molecule has 0 aliphatic heterocycles. The fourth-order valence-corrected chi connectivity index (χ4v) is 2.98. The van der Waals surface area contributed by atoms with Crippen LogP contribution >= 0.6 is 0 Å². The fourth-order valence-electron chi connectivity index (χ4n) is 2.98. The van der Waals surface area contributed by atoms with Gasteiger partial charge >= 0.3 is 0 Å². The lowest BCUT2D eigenvalue weighted by Crippen LogP contribution is -2.33. The van der Waals surface area contributed by atoms with E-state index in [1.54, 1.807) is 0 Å². The van der Waals surface area contributed by atoms with Gasteiger partial charge in [-0.3, -0.25) is 4.79 Å². The van der Waals surface area contributed by atoms with Crippen molar-refractivity contribution in [3.8, 4) is 0 Å². The standard InChI is InChI=1S/C19H29NO/c1-19(2,3)16-12-10-15(11-13-16)18(21)14-20-17-8-6-4-5-7-9-17/h10-13,17,20H,4-9,14H2,1-3H3. The third-order valence-electron chi connectivity index (χ3n) is 4.48. The Kier molecular flexibility index (Phi) is 5.58. The summed E-state index contributed by atoms with van der Waals surface area (Å²) in [6.07, 6.45) is 7.73. The van der Waals surface area contributed by atoms with E-state index in [-0.39, 0.29) is 11.2 Å². The van der Waals surface area contributed by atoms with Crippen LogP contribution in [0.3, 0.4) is 0 Å². The zero-order chi connectivity index (χ0) is 15.3. The number of hydrogen-bond donors (Lipinski definition) is 1. The van der Waals surface area contributed by atoms with Gasteiger partial charge in [-0.15, -0.1) is 0 Å². The maximum Gasteiger partial charge on any atom is 0.176 e. The molecule has 0 bridgehead atoms. The van der Waals surface area contributed by atoms with Crippen LogP contribution in [0.1, 0.15) is 75.2 Å². The van der Waals surface area contributed by atoms with Crippen LogP contribution in [0.5, 0.6) is 0 Å². The molecule has 0 unspecified atom stereocenters. The first-order valence-electron chi connectivity index (χ1n) is 8.34. The van der Waals surface area contributed by atoms with Gasteiger partial charge in [0.15, 0.2) is 5.78 Å². The summed E-state index contributed by atoms with van der Waals surface area (Å²) in [5, 5.41) is 3.46. The van der Waals surface area contributed by atoms with Crippen LogP contribution in [-0.2, 0) is 5.41 Å². The van der Waals surface area contributed by atoms with E-state index in [0.29, 0.717) is 12.6 Å². The average molecular weight is 287 g/mol. The van der Waals surface area contributed by atoms with E-state index >= 15 is 0 Å². The Labute approximate surface area is 129 Å². The van der Waals surface area contributed by atoms with Crippen LogP contribution in [0.15, 0.2) is 24.3 Å². The molecular weight excluding hydrogens is 258 g/mol. The van der Waals surface area contributed by atoms with Crippen molar-refractivity contribution >= 4 is 5.78 Å². The van der Waals surface area contributed by atoms with Crippen molar-refractivity contribution in [2.75, 3.05) is 6.54 Å². The molecule has 2 nitrogen and oxygen atoms in total. The molecule has 0 aromatic heterocycles. The van der Waals surface area contributed by atoms with Crippen LogP contribution in [0.4, 0.5) is 0 Å². The highest BCUT2D eigenvalue weighted by Crippen LogP contribution is 2.22. The predicted molar refractivity (Wildman–Crippen MR) is 89.0 cm³/mol. The molecule has 1 aromatic rings. The lowest BCUT2D eigenvalue weighted by molar-refractivity contribution is 0.0986. The monoisotopic (exact) mass is 287 g/mol. The van der Waals surface area contributed by atoms with Gasteiger partial charge in [0.25, 0.3) is 0 Å². The zero-order valence-corrected chi connectivity index (χ0v) is 13.7. The third-order valence-corrected chi connectivity index (χ3v) is 4.48. The minimum atomic E-state index is 0.139. The highest BCUT2D eigenvalue weighted by molar-refractivity contribution is 5.97. The summed E-state index contributed by atoms with van der Waals surface area (Å²) in [6, 6.07) is 8.64. The second-order valence-electron chi connectivity index (χ2n) is 7.32. The molecule has 1 N–H and O–H groups in total. The van der Waals surface area contributed by atoms with Gasteiger partial charge in [-0.2, -0.15) is 0 Å². The molecule has 2 rings (SSSR count). The Bertz CT molecular complexity index is 447. The summed E-state index contributed by atoms with van der Waals surface area (Å²) in [5.74, 6) is 0.208. The summed E-state index contributed by atoms with van der Waals surface area (Å²) in [6.45, 7) is 7.05. The normalized spacial score (nSPS) is 17.5. The lowest BCUT2D eigenvalue weighted by atomic mass is 9.86. The highest BCUT2D eigenvalue weighted by atomic mass is 16.1. The van der Waals surface area contributed by atoms with Crippen LogP contribution < -0.4 is 5.32 Å². The van der Waals surface area contributed by atoms with Crippen LogP contribution in [0.25, 0.3) is 0 Å². The van der Waals surface area contributed by atoms with Gasteiger partial charge in [0.2, 0.25) is 0 Å². The van der Waals surface area contributed by atoms with E-state index in [1.807, 2.05) is 12.1 Å². The number of ketones is 1. The molecule has 1 saturated carbocycles. The molecule has 0 heterocycles. The number of rotatable bonds is 4. The minimum Gasteiger partial charge on any atom is -0.307 e. The van der Waals surface area contributed by atoms with E-state index in [4.69, 9.17) is 0 Å². The molecule has 0 atom stereocenters. The highest BCUT2D eigenvalue weighted by Gasteiger charge is 2.16. The predicted octanol–water partition coefficient (Wildman–Crippen LogP) is 4.48. The lowest BCUT2D eigenvalue weighted by Gasteiger charge is -2.19. The molecule has 0 amide bonds. The molecule has 0 spiro atoms. The summed E-state index contributed by atoms with van der Waals surface area (Å²) < 4.78 is 0. The Hall–Kier alpha value is -1.15. The summed E-state index contributed by atoms with van der Waals surface area (Å²) in [5.41, 5.74) is 2.24. The first-order chi connectivity index (χ1) is 9.97. The van der Waals surface area contributed by atoms with Crippen molar-refractivity contribution in [3.63, 3.8) is 0 Å².